The first-order valence-corrected chi connectivity index (χ1v) is 11.5. The van der Waals surface area contributed by atoms with Crippen molar-refractivity contribution in [3.05, 3.63) is 77.6 Å². The first kappa shape index (κ1) is 24.0. The van der Waals surface area contributed by atoms with Gasteiger partial charge < -0.3 is 29.0 Å². The number of rotatable bonds is 9. The number of carbonyl (C=O) groups excluding carboxylic acids is 1. The number of nitrogens with zero attached hydrogens (tertiary/aromatic N) is 1. The lowest BCUT2D eigenvalue weighted by molar-refractivity contribution is -0.268. The number of likely N-dealkylation sites (tertiary alicyclic amines) is 1. The summed E-state index contributed by atoms with van der Waals surface area (Å²) in [6.07, 6.45) is -0.182. The lowest BCUT2D eigenvalue weighted by atomic mass is 9.87. The van der Waals surface area contributed by atoms with E-state index in [9.17, 15) is 14.3 Å². The molecule has 1 fully saturated rings. The fourth-order valence-corrected chi connectivity index (χ4v) is 4.44. The molecule has 1 heterocycles. The Balaban J connectivity index is 1.50. The minimum absolute atomic E-state index is 0.0312. The van der Waals surface area contributed by atoms with E-state index < -0.39 is 6.09 Å². The topological polar surface area (TPSA) is 71.1 Å². The van der Waals surface area contributed by atoms with E-state index in [4.69, 9.17) is 14.2 Å². The highest BCUT2D eigenvalue weighted by Gasteiger charge is 2.31. The molecule has 1 amide bonds. The molecule has 0 aromatic heterocycles. The Hall–Kier alpha value is -3.16. The average Bonchev–Trinajstić information content (AvgIpc) is 2.85. The monoisotopic (exact) mass is 466 g/mol. The Kier molecular flexibility index (Phi) is 7.98. The summed E-state index contributed by atoms with van der Waals surface area (Å²) in [5.41, 5.74) is 1.90. The molecule has 34 heavy (non-hydrogen) atoms. The molecule has 180 valence electrons. The van der Waals surface area contributed by atoms with Crippen LogP contribution < -0.4 is 9.84 Å². The number of hydrogen-bond donors (Lipinski definition) is 0. The minimum atomic E-state index is -1.20. The van der Waals surface area contributed by atoms with Crippen molar-refractivity contribution in [1.82, 2.24) is 4.90 Å². The summed E-state index contributed by atoms with van der Waals surface area (Å²) >= 11 is 0. The van der Waals surface area contributed by atoms with Gasteiger partial charge >= 0.3 is 0 Å². The number of piperidine rings is 1. The maximum Gasteiger partial charge on any atom is 0.137 e. The summed E-state index contributed by atoms with van der Waals surface area (Å²) in [5, 5.41) is 13.5. The van der Waals surface area contributed by atoms with Crippen LogP contribution in [-0.4, -0.2) is 50.5 Å². The number of benzene rings is 3. The number of methoxy groups -OCH3 is 1. The number of hydrogen-bond acceptors (Lipinski definition) is 5. The van der Waals surface area contributed by atoms with Crippen molar-refractivity contribution in [2.45, 2.75) is 31.5 Å². The predicted molar refractivity (Wildman–Crippen MR) is 125 cm³/mol. The Bertz CT molecular complexity index is 1100. The van der Waals surface area contributed by atoms with Crippen LogP contribution in [0.5, 0.6) is 5.75 Å². The number of carboxylic acid groups (broad SMARTS) is 1. The molecule has 1 saturated heterocycles. The van der Waals surface area contributed by atoms with Gasteiger partial charge in [0.25, 0.3) is 0 Å². The van der Waals surface area contributed by atoms with E-state index in [1.165, 1.54) is 17.0 Å². The van der Waals surface area contributed by atoms with E-state index in [2.05, 4.69) is 0 Å². The number of halogens is 1. The number of ether oxygens (including phenoxy) is 3. The molecule has 0 bridgehead atoms. The molecule has 3 aromatic rings. The largest absolute Gasteiger partial charge is 0.530 e. The first-order chi connectivity index (χ1) is 16.5. The van der Waals surface area contributed by atoms with Gasteiger partial charge in [-0.1, -0.05) is 36.4 Å². The Morgan fingerprint density at radius 2 is 1.94 bits per heavy atom. The molecular weight excluding hydrogens is 437 g/mol. The Morgan fingerprint density at radius 3 is 2.71 bits per heavy atom. The van der Waals surface area contributed by atoms with Gasteiger partial charge in [-0.15, -0.1) is 0 Å². The van der Waals surface area contributed by atoms with Gasteiger partial charge in [-0.2, -0.15) is 0 Å². The molecule has 1 aliphatic rings. The van der Waals surface area contributed by atoms with Crippen molar-refractivity contribution in [3.63, 3.8) is 0 Å². The molecule has 3 aromatic carbocycles. The van der Waals surface area contributed by atoms with Crippen molar-refractivity contribution in [1.29, 1.82) is 0 Å². The van der Waals surface area contributed by atoms with Gasteiger partial charge in [0.05, 0.1) is 19.3 Å². The maximum atomic E-state index is 13.4. The molecule has 7 heteroatoms. The van der Waals surface area contributed by atoms with Gasteiger partial charge in [-0.05, 0) is 47.2 Å². The maximum absolute atomic E-state index is 13.4. The van der Waals surface area contributed by atoms with Crippen LogP contribution in [0.15, 0.2) is 60.7 Å². The molecule has 1 aliphatic heterocycles. The van der Waals surface area contributed by atoms with Gasteiger partial charge in [0.1, 0.15) is 17.7 Å². The molecule has 0 aliphatic carbocycles. The summed E-state index contributed by atoms with van der Waals surface area (Å²) in [6.45, 7) is 2.10. The Morgan fingerprint density at radius 1 is 1.12 bits per heavy atom. The molecule has 2 atom stereocenters. The van der Waals surface area contributed by atoms with E-state index >= 15 is 0 Å². The second-order valence-electron chi connectivity index (χ2n) is 8.51. The summed E-state index contributed by atoms with van der Waals surface area (Å²) in [6, 6.07) is 18.4. The summed E-state index contributed by atoms with van der Waals surface area (Å²) in [5.74, 6) is 0.474. The summed E-state index contributed by atoms with van der Waals surface area (Å²) in [4.78, 5) is 12.7. The van der Waals surface area contributed by atoms with Gasteiger partial charge in [0.15, 0.2) is 0 Å². The van der Waals surface area contributed by atoms with Crippen LogP contribution in [0.4, 0.5) is 9.18 Å². The van der Waals surface area contributed by atoms with E-state index in [-0.39, 0.29) is 24.4 Å². The van der Waals surface area contributed by atoms with Crippen molar-refractivity contribution in [3.8, 4) is 5.75 Å². The third kappa shape index (κ3) is 5.85. The number of amides is 1. The lowest BCUT2D eigenvalue weighted by Crippen LogP contribution is -2.51. The molecule has 0 spiro atoms. The first-order valence-electron chi connectivity index (χ1n) is 11.5. The van der Waals surface area contributed by atoms with E-state index in [1.54, 1.807) is 19.2 Å². The summed E-state index contributed by atoms with van der Waals surface area (Å²) in [7, 11) is 1.67. The van der Waals surface area contributed by atoms with Crippen LogP contribution in [0.25, 0.3) is 10.8 Å². The van der Waals surface area contributed by atoms with Crippen molar-refractivity contribution in [2.75, 3.05) is 33.4 Å². The fourth-order valence-electron chi connectivity index (χ4n) is 4.44. The number of carbonyl (C=O) groups is 1. The quantitative estimate of drug-likeness (QED) is 0.444. The van der Waals surface area contributed by atoms with Crippen LogP contribution in [0.2, 0.25) is 0 Å². The number of fused-ring (bicyclic) bond motifs is 1. The van der Waals surface area contributed by atoms with Crippen molar-refractivity contribution < 1.29 is 28.5 Å². The van der Waals surface area contributed by atoms with Crippen molar-refractivity contribution in [2.24, 2.45) is 0 Å². The highest BCUT2D eigenvalue weighted by atomic mass is 19.1. The molecule has 0 radical (unpaired) electrons. The van der Waals surface area contributed by atoms with E-state index in [0.29, 0.717) is 32.8 Å². The third-order valence-electron chi connectivity index (χ3n) is 6.24. The SMILES string of the molecule is COCCCOc1cccc2ccc(COC3CN(C(=O)[O-])CCC3c3ccc(F)cc3)cc12. The molecule has 4 rings (SSSR count). The molecule has 6 nitrogen and oxygen atoms in total. The normalized spacial score (nSPS) is 18.2. The molecular formula is C27H29FNO5-. The second kappa shape index (κ2) is 11.3. The van der Waals surface area contributed by atoms with Crippen LogP contribution in [0.3, 0.4) is 0 Å². The lowest BCUT2D eigenvalue weighted by Gasteiger charge is -2.40. The minimum Gasteiger partial charge on any atom is -0.530 e. The fraction of sp³-hybridized carbons (Fsp3) is 0.370. The predicted octanol–water partition coefficient (Wildman–Crippen LogP) is 4.11. The van der Waals surface area contributed by atoms with E-state index in [1.807, 2.05) is 36.4 Å². The smallest absolute Gasteiger partial charge is 0.137 e. The third-order valence-corrected chi connectivity index (χ3v) is 6.24. The van der Waals surface area contributed by atoms with Gasteiger partial charge in [0, 0.05) is 44.5 Å². The highest BCUT2D eigenvalue weighted by Crippen LogP contribution is 2.32. The van der Waals surface area contributed by atoms with Gasteiger partial charge in [-0.3, -0.25) is 0 Å². The molecule has 0 saturated carbocycles. The zero-order valence-corrected chi connectivity index (χ0v) is 19.2. The Labute approximate surface area is 198 Å². The molecule has 0 N–H and O–H groups in total. The van der Waals surface area contributed by atoms with Crippen LogP contribution in [0.1, 0.15) is 29.9 Å². The van der Waals surface area contributed by atoms with Crippen molar-refractivity contribution >= 4 is 16.9 Å². The second-order valence-corrected chi connectivity index (χ2v) is 8.51. The molecule has 2 unspecified atom stereocenters. The zero-order chi connectivity index (χ0) is 23.9. The standard InChI is InChI=1S/C27H30FNO5/c1-32-14-3-15-33-25-5-2-4-20-7-6-19(16-24(20)25)18-34-26-17-29(27(30)31)13-12-23(26)21-8-10-22(28)11-9-21/h2,4-11,16,23,26H,3,12-15,17-18H2,1H3,(H,30,31)/p-1. The average molecular weight is 467 g/mol. The van der Waals surface area contributed by atoms with Crippen LogP contribution in [0, 0.1) is 5.82 Å². The van der Waals surface area contributed by atoms with Gasteiger partial charge in [0.2, 0.25) is 0 Å². The van der Waals surface area contributed by atoms with Gasteiger partial charge in [-0.25, -0.2) is 4.39 Å². The van der Waals surface area contributed by atoms with E-state index in [0.717, 1.165) is 34.1 Å². The highest BCUT2D eigenvalue weighted by molar-refractivity contribution is 5.88. The summed E-state index contributed by atoms with van der Waals surface area (Å²) < 4.78 is 30.7. The zero-order valence-electron chi connectivity index (χ0n) is 19.2. The van der Waals surface area contributed by atoms with Crippen LogP contribution in [-0.2, 0) is 16.1 Å². The van der Waals surface area contributed by atoms with Crippen LogP contribution >= 0.6 is 0 Å².